The molecule has 0 N–H and O–H groups in total. The number of hydrogen-bond donors (Lipinski definition) is 0. The van der Waals surface area contributed by atoms with E-state index in [1.165, 1.54) is 29.9 Å². The molecule has 1 aromatic rings. The molecule has 0 bridgehead atoms. The number of halogens is 1. The molecule has 0 fully saturated rings. The third-order valence-electron chi connectivity index (χ3n) is 2.98. The molecular formula is C15H23BrOS. The van der Waals surface area contributed by atoms with Gasteiger partial charge in [-0.3, -0.25) is 0 Å². The Morgan fingerprint density at radius 1 is 1.39 bits per heavy atom. The Hall–Kier alpha value is -0.150. The van der Waals surface area contributed by atoms with Crippen LogP contribution in [0.5, 0.6) is 5.75 Å². The summed E-state index contributed by atoms with van der Waals surface area (Å²) in [5, 5.41) is 1.08. The molecule has 0 heterocycles. The van der Waals surface area contributed by atoms with E-state index >= 15 is 0 Å². The predicted molar refractivity (Wildman–Crippen MR) is 86.2 cm³/mol. The van der Waals surface area contributed by atoms with Crippen LogP contribution >= 0.6 is 27.7 Å². The van der Waals surface area contributed by atoms with Crippen LogP contribution in [-0.2, 0) is 6.42 Å². The van der Waals surface area contributed by atoms with Crippen molar-refractivity contribution in [2.24, 2.45) is 5.92 Å². The second kappa shape index (κ2) is 9.74. The summed E-state index contributed by atoms with van der Waals surface area (Å²) in [6.45, 7) is 2.23. The van der Waals surface area contributed by atoms with Gasteiger partial charge in [0.1, 0.15) is 5.75 Å². The van der Waals surface area contributed by atoms with Crippen molar-refractivity contribution in [1.82, 2.24) is 0 Å². The SMILES string of the molecule is CCSCCCC(CBr)Cc1cccc(OC)c1. The second-order valence-electron chi connectivity index (χ2n) is 4.42. The summed E-state index contributed by atoms with van der Waals surface area (Å²) in [6.07, 6.45) is 3.76. The fourth-order valence-electron chi connectivity index (χ4n) is 1.98. The highest BCUT2D eigenvalue weighted by molar-refractivity contribution is 9.09. The highest BCUT2D eigenvalue weighted by atomic mass is 79.9. The summed E-state index contributed by atoms with van der Waals surface area (Å²) in [6, 6.07) is 8.42. The molecule has 1 aromatic carbocycles. The van der Waals surface area contributed by atoms with Gasteiger partial charge in [0.25, 0.3) is 0 Å². The van der Waals surface area contributed by atoms with Gasteiger partial charge in [0.15, 0.2) is 0 Å². The van der Waals surface area contributed by atoms with Crippen LogP contribution in [0, 0.1) is 5.92 Å². The van der Waals surface area contributed by atoms with E-state index in [4.69, 9.17) is 4.74 Å². The topological polar surface area (TPSA) is 9.23 Å². The Labute approximate surface area is 124 Å². The smallest absolute Gasteiger partial charge is 0.119 e. The first-order valence-electron chi connectivity index (χ1n) is 6.56. The molecule has 1 unspecified atom stereocenters. The number of methoxy groups -OCH3 is 1. The third kappa shape index (κ3) is 6.14. The van der Waals surface area contributed by atoms with E-state index in [1.54, 1.807) is 7.11 Å². The summed E-state index contributed by atoms with van der Waals surface area (Å²) in [7, 11) is 1.73. The molecule has 0 aliphatic carbocycles. The molecular weight excluding hydrogens is 308 g/mol. The van der Waals surface area contributed by atoms with Crippen LogP contribution in [0.3, 0.4) is 0 Å². The molecule has 102 valence electrons. The lowest BCUT2D eigenvalue weighted by Crippen LogP contribution is -2.07. The van der Waals surface area contributed by atoms with E-state index in [0.29, 0.717) is 0 Å². The molecule has 3 heteroatoms. The van der Waals surface area contributed by atoms with Crippen molar-refractivity contribution >= 4 is 27.7 Å². The molecule has 0 aliphatic rings. The predicted octanol–water partition coefficient (Wildman–Crippen LogP) is 4.78. The van der Waals surface area contributed by atoms with Crippen LogP contribution < -0.4 is 4.74 Å². The van der Waals surface area contributed by atoms with Crippen molar-refractivity contribution in [3.63, 3.8) is 0 Å². The summed E-state index contributed by atoms with van der Waals surface area (Å²) in [5.74, 6) is 4.21. The Morgan fingerprint density at radius 2 is 2.22 bits per heavy atom. The van der Waals surface area contributed by atoms with Gasteiger partial charge in [0.2, 0.25) is 0 Å². The van der Waals surface area contributed by atoms with Crippen molar-refractivity contribution in [3.05, 3.63) is 29.8 Å². The van der Waals surface area contributed by atoms with Gasteiger partial charge in [-0.25, -0.2) is 0 Å². The van der Waals surface area contributed by atoms with E-state index in [-0.39, 0.29) is 0 Å². The van der Waals surface area contributed by atoms with Crippen LogP contribution in [0.2, 0.25) is 0 Å². The van der Waals surface area contributed by atoms with Gasteiger partial charge in [-0.05, 0) is 54.4 Å². The molecule has 1 atom stereocenters. The average Bonchev–Trinajstić information content (AvgIpc) is 2.42. The molecule has 0 radical (unpaired) electrons. The molecule has 18 heavy (non-hydrogen) atoms. The number of alkyl halides is 1. The number of rotatable bonds is 9. The minimum atomic E-state index is 0.731. The number of benzene rings is 1. The maximum Gasteiger partial charge on any atom is 0.119 e. The Kier molecular flexibility index (Phi) is 8.60. The molecule has 0 spiro atoms. The van der Waals surface area contributed by atoms with Crippen molar-refractivity contribution in [3.8, 4) is 5.75 Å². The zero-order valence-corrected chi connectivity index (χ0v) is 13.7. The largest absolute Gasteiger partial charge is 0.497 e. The van der Waals surface area contributed by atoms with Crippen molar-refractivity contribution in [1.29, 1.82) is 0 Å². The summed E-state index contributed by atoms with van der Waals surface area (Å²) in [5.41, 5.74) is 1.38. The molecule has 1 rings (SSSR count). The summed E-state index contributed by atoms with van der Waals surface area (Å²) >= 11 is 5.68. The van der Waals surface area contributed by atoms with Crippen molar-refractivity contribution < 1.29 is 4.74 Å². The number of thioether (sulfide) groups is 1. The highest BCUT2D eigenvalue weighted by Crippen LogP contribution is 2.21. The monoisotopic (exact) mass is 330 g/mol. The van der Waals surface area contributed by atoms with Crippen LogP contribution in [0.15, 0.2) is 24.3 Å². The molecule has 0 aliphatic heterocycles. The lowest BCUT2D eigenvalue weighted by atomic mass is 9.97. The van der Waals surface area contributed by atoms with E-state index in [1.807, 2.05) is 17.8 Å². The van der Waals surface area contributed by atoms with E-state index < -0.39 is 0 Å². The zero-order valence-electron chi connectivity index (χ0n) is 11.3. The summed E-state index contributed by atoms with van der Waals surface area (Å²) < 4.78 is 5.27. The highest BCUT2D eigenvalue weighted by Gasteiger charge is 2.08. The van der Waals surface area contributed by atoms with Crippen LogP contribution in [-0.4, -0.2) is 23.9 Å². The van der Waals surface area contributed by atoms with E-state index in [2.05, 4.69) is 41.1 Å². The van der Waals surface area contributed by atoms with Gasteiger partial charge >= 0.3 is 0 Å². The van der Waals surface area contributed by atoms with Gasteiger partial charge in [-0.15, -0.1) is 0 Å². The van der Waals surface area contributed by atoms with E-state index in [0.717, 1.165) is 23.4 Å². The average molecular weight is 331 g/mol. The maximum atomic E-state index is 5.27. The van der Waals surface area contributed by atoms with Crippen LogP contribution in [0.4, 0.5) is 0 Å². The normalized spacial score (nSPS) is 12.4. The Bertz CT molecular complexity index is 330. The van der Waals surface area contributed by atoms with Crippen LogP contribution in [0.25, 0.3) is 0 Å². The Morgan fingerprint density at radius 3 is 2.89 bits per heavy atom. The fourth-order valence-corrected chi connectivity index (χ4v) is 3.20. The van der Waals surface area contributed by atoms with E-state index in [9.17, 15) is 0 Å². The second-order valence-corrected chi connectivity index (χ2v) is 6.46. The standard InChI is InChI=1S/C15H23BrOS/c1-3-18-9-5-7-14(12-16)10-13-6-4-8-15(11-13)17-2/h4,6,8,11,14H,3,5,7,9-10,12H2,1-2H3. The van der Waals surface area contributed by atoms with Crippen molar-refractivity contribution in [2.75, 3.05) is 23.9 Å². The minimum absolute atomic E-state index is 0.731. The van der Waals surface area contributed by atoms with Crippen molar-refractivity contribution in [2.45, 2.75) is 26.2 Å². The number of hydrogen-bond acceptors (Lipinski definition) is 2. The quantitative estimate of drug-likeness (QED) is 0.476. The fraction of sp³-hybridized carbons (Fsp3) is 0.600. The molecule has 0 saturated carbocycles. The lowest BCUT2D eigenvalue weighted by Gasteiger charge is -2.14. The van der Waals surface area contributed by atoms with Gasteiger partial charge < -0.3 is 4.74 Å². The minimum Gasteiger partial charge on any atom is -0.497 e. The van der Waals surface area contributed by atoms with Gasteiger partial charge in [-0.1, -0.05) is 35.0 Å². The zero-order chi connectivity index (χ0) is 13.2. The molecule has 0 saturated heterocycles. The third-order valence-corrected chi connectivity index (χ3v) is 4.88. The lowest BCUT2D eigenvalue weighted by molar-refractivity contribution is 0.413. The number of ether oxygens (including phenoxy) is 1. The Balaban J connectivity index is 2.41. The maximum absolute atomic E-state index is 5.27. The summed E-state index contributed by atoms with van der Waals surface area (Å²) in [4.78, 5) is 0. The van der Waals surface area contributed by atoms with Gasteiger partial charge in [-0.2, -0.15) is 11.8 Å². The molecule has 0 aromatic heterocycles. The first-order chi connectivity index (χ1) is 8.80. The molecule has 1 nitrogen and oxygen atoms in total. The van der Waals surface area contributed by atoms with Gasteiger partial charge in [0, 0.05) is 5.33 Å². The van der Waals surface area contributed by atoms with Gasteiger partial charge in [0.05, 0.1) is 7.11 Å². The first kappa shape index (κ1) is 15.9. The van der Waals surface area contributed by atoms with Crippen LogP contribution in [0.1, 0.15) is 25.3 Å². The molecule has 0 amide bonds. The first-order valence-corrected chi connectivity index (χ1v) is 8.84.